The molecule has 1 aliphatic rings. The van der Waals surface area contributed by atoms with Gasteiger partial charge in [0, 0.05) is 12.0 Å². The molecule has 2 nitrogen and oxygen atoms in total. The molecular formula is C16H23NO. The van der Waals surface area contributed by atoms with Crippen LogP contribution in [0.2, 0.25) is 0 Å². The van der Waals surface area contributed by atoms with Gasteiger partial charge in [-0.3, -0.25) is 4.79 Å². The minimum Gasteiger partial charge on any atom is -0.350 e. The molecule has 0 aliphatic carbocycles. The normalized spacial score (nSPS) is 23.4. The summed E-state index contributed by atoms with van der Waals surface area (Å²) in [4.78, 5) is 11.4. The van der Waals surface area contributed by atoms with Crippen LogP contribution in [-0.4, -0.2) is 11.4 Å². The zero-order valence-corrected chi connectivity index (χ0v) is 11.6. The van der Waals surface area contributed by atoms with Crippen LogP contribution in [-0.2, 0) is 11.2 Å². The van der Waals surface area contributed by atoms with Gasteiger partial charge in [0.15, 0.2) is 0 Å². The van der Waals surface area contributed by atoms with Crippen LogP contribution in [0, 0.1) is 0 Å². The first-order chi connectivity index (χ1) is 8.54. The van der Waals surface area contributed by atoms with Crippen molar-refractivity contribution in [1.29, 1.82) is 0 Å². The fourth-order valence-electron chi connectivity index (χ4n) is 2.71. The zero-order valence-electron chi connectivity index (χ0n) is 11.6. The molecule has 1 aromatic rings. The van der Waals surface area contributed by atoms with Crippen molar-refractivity contribution in [2.24, 2.45) is 0 Å². The van der Waals surface area contributed by atoms with Gasteiger partial charge < -0.3 is 5.32 Å². The highest BCUT2D eigenvalue weighted by atomic mass is 16.2. The van der Waals surface area contributed by atoms with Gasteiger partial charge in [-0.2, -0.15) is 0 Å². The fraction of sp³-hybridized carbons (Fsp3) is 0.562. The third kappa shape index (κ3) is 2.74. The molecule has 1 aliphatic heterocycles. The largest absolute Gasteiger partial charge is 0.350 e. The molecule has 1 N–H and O–H groups in total. The van der Waals surface area contributed by atoms with E-state index in [9.17, 15) is 4.79 Å². The molecule has 0 radical (unpaired) electrons. The van der Waals surface area contributed by atoms with Gasteiger partial charge in [0.25, 0.3) is 0 Å². The van der Waals surface area contributed by atoms with Gasteiger partial charge in [-0.05, 0) is 36.3 Å². The Morgan fingerprint density at radius 2 is 1.94 bits per heavy atom. The van der Waals surface area contributed by atoms with E-state index in [0.717, 1.165) is 19.3 Å². The molecule has 18 heavy (non-hydrogen) atoms. The van der Waals surface area contributed by atoms with Crippen LogP contribution in [0.3, 0.4) is 0 Å². The van der Waals surface area contributed by atoms with Gasteiger partial charge >= 0.3 is 0 Å². The van der Waals surface area contributed by atoms with E-state index in [0.29, 0.717) is 12.3 Å². The number of benzene rings is 1. The van der Waals surface area contributed by atoms with E-state index in [4.69, 9.17) is 0 Å². The van der Waals surface area contributed by atoms with Crippen molar-refractivity contribution in [2.75, 3.05) is 0 Å². The molecule has 0 saturated carbocycles. The summed E-state index contributed by atoms with van der Waals surface area (Å²) in [5.74, 6) is 0.779. The van der Waals surface area contributed by atoms with E-state index in [2.05, 4.69) is 50.4 Å². The van der Waals surface area contributed by atoms with E-state index in [1.807, 2.05) is 0 Å². The number of hydrogen-bond acceptors (Lipinski definition) is 1. The standard InChI is InChI=1S/C16H23NO/c1-4-16(10-9-15(18)17-16)11-13-5-7-14(8-6-13)12(2)3/h5-8,12H,4,9-11H2,1-3H3,(H,17,18). The van der Waals surface area contributed by atoms with Crippen molar-refractivity contribution >= 4 is 5.91 Å². The van der Waals surface area contributed by atoms with Crippen LogP contribution in [0.5, 0.6) is 0 Å². The van der Waals surface area contributed by atoms with E-state index >= 15 is 0 Å². The summed E-state index contributed by atoms with van der Waals surface area (Å²) in [6.07, 6.45) is 3.60. The number of rotatable bonds is 4. The SMILES string of the molecule is CCC1(Cc2ccc(C(C)C)cc2)CCC(=O)N1. The lowest BCUT2D eigenvalue weighted by Gasteiger charge is -2.28. The summed E-state index contributed by atoms with van der Waals surface area (Å²) in [5, 5.41) is 3.16. The summed E-state index contributed by atoms with van der Waals surface area (Å²) in [7, 11) is 0. The van der Waals surface area contributed by atoms with E-state index in [-0.39, 0.29) is 11.4 Å². The van der Waals surface area contributed by atoms with Crippen molar-refractivity contribution in [3.63, 3.8) is 0 Å². The van der Waals surface area contributed by atoms with Crippen LogP contribution >= 0.6 is 0 Å². The van der Waals surface area contributed by atoms with Crippen LogP contribution < -0.4 is 5.32 Å². The summed E-state index contributed by atoms with van der Waals surface area (Å²) in [6.45, 7) is 6.58. The van der Waals surface area contributed by atoms with Gasteiger partial charge in [0.2, 0.25) is 5.91 Å². The molecular weight excluding hydrogens is 222 g/mol. The summed E-state index contributed by atoms with van der Waals surface area (Å²) in [6, 6.07) is 8.83. The highest BCUT2D eigenvalue weighted by Gasteiger charge is 2.35. The average molecular weight is 245 g/mol. The predicted molar refractivity (Wildman–Crippen MR) is 74.6 cm³/mol. The van der Waals surface area contributed by atoms with E-state index < -0.39 is 0 Å². The van der Waals surface area contributed by atoms with Crippen LogP contribution in [0.25, 0.3) is 0 Å². The molecule has 1 fully saturated rings. The van der Waals surface area contributed by atoms with E-state index in [1.165, 1.54) is 11.1 Å². The number of nitrogens with one attached hydrogen (secondary N) is 1. The molecule has 2 rings (SSSR count). The van der Waals surface area contributed by atoms with Crippen LogP contribution in [0.1, 0.15) is 57.1 Å². The second-order valence-electron chi connectivity index (χ2n) is 5.76. The second-order valence-corrected chi connectivity index (χ2v) is 5.76. The summed E-state index contributed by atoms with van der Waals surface area (Å²) >= 11 is 0. The minimum absolute atomic E-state index is 0.00354. The first kappa shape index (κ1) is 13.1. The average Bonchev–Trinajstić information content (AvgIpc) is 2.72. The van der Waals surface area contributed by atoms with Crippen molar-refractivity contribution < 1.29 is 4.79 Å². The lowest BCUT2D eigenvalue weighted by Crippen LogP contribution is -2.42. The number of carbonyl (C=O) groups is 1. The Labute approximate surface area is 110 Å². The van der Waals surface area contributed by atoms with Crippen molar-refractivity contribution in [1.82, 2.24) is 5.32 Å². The molecule has 1 unspecified atom stereocenters. The Bertz CT molecular complexity index is 421. The first-order valence-corrected chi connectivity index (χ1v) is 6.94. The van der Waals surface area contributed by atoms with Gasteiger partial charge in [-0.1, -0.05) is 45.0 Å². The fourth-order valence-corrected chi connectivity index (χ4v) is 2.71. The Balaban J connectivity index is 2.10. The van der Waals surface area contributed by atoms with Crippen molar-refractivity contribution in [3.8, 4) is 0 Å². The molecule has 1 aromatic carbocycles. The highest BCUT2D eigenvalue weighted by molar-refractivity contribution is 5.79. The zero-order chi connectivity index (χ0) is 13.2. The predicted octanol–water partition coefficient (Wildman–Crippen LogP) is 3.41. The molecule has 2 heteroatoms. The lowest BCUT2D eigenvalue weighted by molar-refractivity contribution is -0.119. The Hall–Kier alpha value is -1.31. The van der Waals surface area contributed by atoms with Crippen LogP contribution in [0.4, 0.5) is 0 Å². The number of carbonyl (C=O) groups excluding carboxylic acids is 1. The summed E-state index contributed by atoms with van der Waals surface area (Å²) in [5.41, 5.74) is 2.69. The van der Waals surface area contributed by atoms with Crippen molar-refractivity contribution in [2.45, 2.75) is 57.9 Å². The van der Waals surface area contributed by atoms with Gasteiger partial charge in [0.05, 0.1) is 0 Å². The number of amides is 1. The third-order valence-electron chi connectivity index (χ3n) is 4.10. The molecule has 0 spiro atoms. The smallest absolute Gasteiger partial charge is 0.220 e. The molecule has 1 amide bonds. The third-order valence-corrected chi connectivity index (χ3v) is 4.10. The Morgan fingerprint density at radius 3 is 2.39 bits per heavy atom. The molecule has 1 atom stereocenters. The quantitative estimate of drug-likeness (QED) is 0.865. The first-order valence-electron chi connectivity index (χ1n) is 6.94. The molecule has 0 aromatic heterocycles. The maximum atomic E-state index is 11.4. The second kappa shape index (κ2) is 5.13. The lowest BCUT2D eigenvalue weighted by atomic mass is 9.86. The molecule has 1 saturated heterocycles. The maximum Gasteiger partial charge on any atom is 0.220 e. The van der Waals surface area contributed by atoms with Crippen molar-refractivity contribution in [3.05, 3.63) is 35.4 Å². The molecule has 1 heterocycles. The van der Waals surface area contributed by atoms with Crippen LogP contribution in [0.15, 0.2) is 24.3 Å². The molecule has 98 valence electrons. The van der Waals surface area contributed by atoms with Gasteiger partial charge in [-0.25, -0.2) is 0 Å². The maximum absolute atomic E-state index is 11.4. The minimum atomic E-state index is -0.00354. The summed E-state index contributed by atoms with van der Waals surface area (Å²) < 4.78 is 0. The molecule has 0 bridgehead atoms. The highest BCUT2D eigenvalue weighted by Crippen LogP contribution is 2.28. The number of hydrogen-bond donors (Lipinski definition) is 1. The van der Waals surface area contributed by atoms with Gasteiger partial charge in [-0.15, -0.1) is 0 Å². The van der Waals surface area contributed by atoms with Gasteiger partial charge in [0.1, 0.15) is 0 Å². The monoisotopic (exact) mass is 245 g/mol. The topological polar surface area (TPSA) is 29.1 Å². The Morgan fingerprint density at radius 1 is 1.28 bits per heavy atom. The van der Waals surface area contributed by atoms with E-state index in [1.54, 1.807) is 0 Å². The Kier molecular flexibility index (Phi) is 3.74.